The molecule has 0 aliphatic heterocycles. The molecule has 1 heterocycles. The Kier molecular flexibility index (Phi) is 3.70. The summed E-state index contributed by atoms with van der Waals surface area (Å²) in [4.78, 5) is 0. The second-order valence-electron chi connectivity index (χ2n) is 2.77. The van der Waals surface area contributed by atoms with Crippen LogP contribution in [0.1, 0.15) is 0 Å². The maximum absolute atomic E-state index is 10.8. The van der Waals surface area contributed by atoms with Gasteiger partial charge in [-0.25, -0.2) is 8.42 Å². The summed E-state index contributed by atoms with van der Waals surface area (Å²) in [7, 11) is -2.90. The zero-order chi connectivity index (χ0) is 10.6. The van der Waals surface area contributed by atoms with Crippen LogP contribution in [0.2, 0.25) is 0 Å². The fourth-order valence-corrected chi connectivity index (χ4v) is 2.72. The van der Waals surface area contributed by atoms with Crippen LogP contribution in [-0.2, 0) is 9.84 Å². The van der Waals surface area contributed by atoms with Gasteiger partial charge in [-0.3, -0.25) is 0 Å². The van der Waals surface area contributed by atoms with Crippen molar-refractivity contribution in [3.63, 3.8) is 0 Å². The van der Waals surface area contributed by atoms with Crippen molar-refractivity contribution >= 4 is 27.4 Å². The molecule has 1 aromatic rings. The number of hydrogen-bond donors (Lipinski definition) is 1. The Morgan fingerprint density at radius 1 is 1.43 bits per heavy atom. The summed E-state index contributed by atoms with van der Waals surface area (Å²) >= 11 is 1.35. The van der Waals surface area contributed by atoms with E-state index < -0.39 is 9.84 Å². The molecule has 0 saturated heterocycles. The molecule has 0 aromatic carbocycles. The highest BCUT2D eigenvalue weighted by Crippen LogP contribution is 2.14. The minimum Gasteiger partial charge on any atom is -0.382 e. The van der Waals surface area contributed by atoms with Crippen molar-refractivity contribution in [1.82, 2.24) is 10.2 Å². The molecular formula is C7H11N3O2S2. The van der Waals surface area contributed by atoms with Crippen LogP contribution in [0.3, 0.4) is 0 Å². The van der Waals surface area contributed by atoms with Gasteiger partial charge < -0.3 is 5.73 Å². The smallest absolute Gasteiger partial charge is 0.148 e. The van der Waals surface area contributed by atoms with E-state index in [0.717, 1.165) is 0 Å². The standard InChI is InChI=1S/C7H11N3O2S2/c1-14(11,12)5-4-13-7-3-2-6(8)9-10-7/h2-3H,4-5H2,1H3,(H2,8,9). The lowest BCUT2D eigenvalue weighted by atomic mass is 10.5. The first-order valence-corrected chi connectivity index (χ1v) is 6.92. The Morgan fingerprint density at radius 3 is 2.64 bits per heavy atom. The molecule has 0 fully saturated rings. The van der Waals surface area contributed by atoms with Gasteiger partial charge in [0.05, 0.1) is 5.75 Å². The number of nitrogens with zero attached hydrogens (tertiary/aromatic N) is 2. The molecule has 0 aliphatic carbocycles. The first-order valence-electron chi connectivity index (χ1n) is 3.87. The summed E-state index contributed by atoms with van der Waals surface area (Å²) in [5, 5.41) is 8.13. The summed E-state index contributed by atoms with van der Waals surface area (Å²) in [6.07, 6.45) is 1.21. The first kappa shape index (κ1) is 11.3. The number of sulfone groups is 1. The summed E-state index contributed by atoms with van der Waals surface area (Å²) in [5.74, 6) is 0.985. The van der Waals surface area contributed by atoms with Crippen LogP contribution in [-0.4, -0.2) is 36.4 Å². The minimum absolute atomic E-state index is 0.143. The Labute approximate surface area is 87.0 Å². The van der Waals surface area contributed by atoms with E-state index in [9.17, 15) is 8.42 Å². The number of nitrogens with two attached hydrogens (primary N) is 1. The largest absolute Gasteiger partial charge is 0.382 e. The van der Waals surface area contributed by atoms with Gasteiger partial charge in [-0.15, -0.1) is 22.0 Å². The molecule has 0 amide bonds. The number of rotatable bonds is 4. The molecule has 0 radical (unpaired) electrons. The molecule has 7 heteroatoms. The van der Waals surface area contributed by atoms with Gasteiger partial charge in [0.2, 0.25) is 0 Å². The molecule has 0 unspecified atom stereocenters. The number of anilines is 1. The maximum Gasteiger partial charge on any atom is 0.148 e. The Morgan fingerprint density at radius 2 is 2.14 bits per heavy atom. The first-order chi connectivity index (χ1) is 6.47. The van der Waals surface area contributed by atoms with Gasteiger partial charge in [0.15, 0.2) is 0 Å². The number of thioether (sulfide) groups is 1. The van der Waals surface area contributed by atoms with Crippen molar-refractivity contribution in [3.05, 3.63) is 12.1 Å². The number of nitrogen functional groups attached to an aromatic ring is 1. The fourth-order valence-electron chi connectivity index (χ4n) is 0.705. The molecule has 2 N–H and O–H groups in total. The van der Waals surface area contributed by atoms with Crippen LogP contribution >= 0.6 is 11.8 Å². The van der Waals surface area contributed by atoms with Gasteiger partial charge >= 0.3 is 0 Å². The third-order valence-electron chi connectivity index (χ3n) is 1.36. The van der Waals surface area contributed by atoms with Crippen LogP contribution in [0, 0.1) is 0 Å². The van der Waals surface area contributed by atoms with E-state index in [0.29, 0.717) is 16.6 Å². The quantitative estimate of drug-likeness (QED) is 0.747. The highest BCUT2D eigenvalue weighted by Gasteiger charge is 2.03. The summed E-state index contributed by atoms with van der Waals surface area (Å²) in [6.45, 7) is 0. The van der Waals surface area contributed by atoms with E-state index in [1.165, 1.54) is 18.0 Å². The topological polar surface area (TPSA) is 85.9 Å². The van der Waals surface area contributed by atoms with E-state index in [-0.39, 0.29) is 5.75 Å². The normalized spacial score (nSPS) is 11.5. The Hall–Kier alpha value is -0.820. The molecule has 0 aliphatic rings. The molecule has 1 rings (SSSR count). The second kappa shape index (κ2) is 4.61. The van der Waals surface area contributed by atoms with E-state index >= 15 is 0 Å². The van der Waals surface area contributed by atoms with E-state index in [1.54, 1.807) is 12.1 Å². The maximum atomic E-state index is 10.8. The van der Waals surface area contributed by atoms with E-state index in [4.69, 9.17) is 5.73 Å². The monoisotopic (exact) mass is 233 g/mol. The number of hydrogen-bond acceptors (Lipinski definition) is 6. The highest BCUT2D eigenvalue weighted by atomic mass is 32.2. The lowest BCUT2D eigenvalue weighted by molar-refractivity contribution is 0.603. The van der Waals surface area contributed by atoms with Gasteiger partial charge in [-0.1, -0.05) is 0 Å². The molecule has 0 atom stereocenters. The Balaban J connectivity index is 2.43. The average molecular weight is 233 g/mol. The molecule has 0 bridgehead atoms. The SMILES string of the molecule is CS(=O)(=O)CCSc1ccc(N)nn1. The molecule has 1 aromatic heterocycles. The van der Waals surface area contributed by atoms with E-state index in [2.05, 4.69) is 10.2 Å². The predicted octanol–water partition coefficient (Wildman–Crippen LogP) is 0.196. The van der Waals surface area contributed by atoms with Gasteiger partial charge in [0.1, 0.15) is 20.7 Å². The van der Waals surface area contributed by atoms with Gasteiger partial charge in [-0.2, -0.15) is 0 Å². The lowest BCUT2D eigenvalue weighted by Gasteiger charge is -1.98. The van der Waals surface area contributed by atoms with Crippen molar-refractivity contribution in [2.24, 2.45) is 0 Å². The molecule has 0 saturated carbocycles. The van der Waals surface area contributed by atoms with Crippen LogP contribution < -0.4 is 5.73 Å². The summed E-state index contributed by atoms with van der Waals surface area (Å²) < 4.78 is 21.6. The zero-order valence-corrected chi connectivity index (χ0v) is 9.31. The molecule has 5 nitrogen and oxygen atoms in total. The van der Waals surface area contributed by atoms with Crippen molar-refractivity contribution in [2.45, 2.75) is 5.03 Å². The summed E-state index contributed by atoms with van der Waals surface area (Å²) in [5.41, 5.74) is 5.35. The van der Waals surface area contributed by atoms with Gasteiger partial charge in [0.25, 0.3) is 0 Å². The third-order valence-corrected chi connectivity index (χ3v) is 3.49. The molecule has 78 valence electrons. The number of aromatic nitrogens is 2. The summed E-state index contributed by atoms with van der Waals surface area (Å²) in [6, 6.07) is 3.35. The lowest BCUT2D eigenvalue weighted by Crippen LogP contribution is -2.05. The van der Waals surface area contributed by atoms with Crippen molar-refractivity contribution in [2.75, 3.05) is 23.5 Å². The molecule has 14 heavy (non-hydrogen) atoms. The van der Waals surface area contributed by atoms with Crippen LogP contribution in [0.5, 0.6) is 0 Å². The van der Waals surface area contributed by atoms with Gasteiger partial charge in [-0.05, 0) is 12.1 Å². The van der Waals surface area contributed by atoms with Crippen LogP contribution in [0.4, 0.5) is 5.82 Å². The molecular weight excluding hydrogens is 222 g/mol. The third kappa shape index (κ3) is 4.43. The van der Waals surface area contributed by atoms with Crippen LogP contribution in [0.15, 0.2) is 17.2 Å². The Bertz CT molecular complexity index is 388. The minimum atomic E-state index is -2.90. The van der Waals surface area contributed by atoms with Crippen molar-refractivity contribution in [1.29, 1.82) is 0 Å². The van der Waals surface area contributed by atoms with Gasteiger partial charge in [0, 0.05) is 12.0 Å². The zero-order valence-electron chi connectivity index (χ0n) is 7.67. The second-order valence-corrected chi connectivity index (χ2v) is 6.15. The van der Waals surface area contributed by atoms with Crippen LogP contribution in [0.25, 0.3) is 0 Å². The molecule has 0 spiro atoms. The average Bonchev–Trinajstić information content (AvgIpc) is 2.06. The highest BCUT2D eigenvalue weighted by molar-refractivity contribution is 8.00. The van der Waals surface area contributed by atoms with Crippen molar-refractivity contribution < 1.29 is 8.42 Å². The van der Waals surface area contributed by atoms with E-state index in [1.807, 2.05) is 0 Å². The fraction of sp³-hybridized carbons (Fsp3) is 0.429. The van der Waals surface area contributed by atoms with Crippen molar-refractivity contribution in [3.8, 4) is 0 Å². The predicted molar refractivity (Wildman–Crippen MR) is 56.9 cm³/mol.